The Kier molecular flexibility index (Phi) is 5.21. The summed E-state index contributed by atoms with van der Waals surface area (Å²) in [6.07, 6.45) is 5.46. The maximum absolute atomic E-state index is 5.78. The molecular weight excluding hydrogens is 220 g/mol. The van der Waals surface area contributed by atoms with Crippen molar-refractivity contribution in [3.8, 4) is 0 Å². The van der Waals surface area contributed by atoms with E-state index in [4.69, 9.17) is 5.73 Å². The van der Waals surface area contributed by atoms with Crippen molar-refractivity contribution in [1.29, 1.82) is 0 Å². The summed E-state index contributed by atoms with van der Waals surface area (Å²) in [7, 11) is 0. The minimum atomic E-state index is 0.734. The van der Waals surface area contributed by atoms with Crippen LogP contribution in [0.4, 0.5) is 0 Å². The number of nitrogens with two attached hydrogens (primary N) is 1. The summed E-state index contributed by atoms with van der Waals surface area (Å²) < 4.78 is 0. The van der Waals surface area contributed by atoms with E-state index in [1.165, 1.54) is 31.2 Å². The molecular formula is C16H26N2. The maximum atomic E-state index is 5.78. The molecule has 0 spiro atoms. The van der Waals surface area contributed by atoms with Gasteiger partial charge in [-0.1, -0.05) is 50.1 Å². The first-order valence-electron chi connectivity index (χ1n) is 7.27. The van der Waals surface area contributed by atoms with Crippen LogP contribution in [-0.4, -0.2) is 24.0 Å². The van der Waals surface area contributed by atoms with Crippen LogP contribution in [0.5, 0.6) is 0 Å². The monoisotopic (exact) mass is 246 g/mol. The lowest BCUT2D eigenvalue weighted by atomic mass is 9.86. The average Bonchev–Trinajstić information content (AvgIpc) is 2.39. The minimum Gasteiger partial charge on any atom is -0.329 e. The fraction of sp³-hybridized carbons (Fsp3) is 0.625. The van der Waals surface area contributed by atoms with Crippen LogP contribution in [0.3, 0.4) is 0 Å². The van der Waals surface area contributed by atoms with Gasteiger partial charge in [0.25, 0.3) is 0 Å². The molecule has 18 heavy (non-hydrogen) atoms. The van der Waals surface area contributed by atoms with E-state index in [9.17, 15) is 0 Å². The minimum absolute atomic E-state index is 0.734. The van der Waals surface area contributed by atoms with Crippen LogP contribution in [0.1, 0.15) is 38.2 Å². The summed E-state index contributed by atoms with van der Waals surface area (Å²) in [6, 6.07) is 11.5. The molecule has 1 fully saturated rings. The Morgan fingerprint density at radius 3 is 2.67 bits per heavy atom. The van der Waals surface area contributed by atoms with Crippen molar-refractivity contribution in [2.45, 2.75) is 45.2 Å². The zero-order chi connectivity index (χ0) is 12.8. The van der Waals surface area contributed by atoms with E-state index >= 15 is 0 Å². The lowest BCUT2D eigenvalue weighted by molar-refractivity contribution is 0.130. The van der Waals surface area contributed by atoms with Crippen molar-refractivity contribution in [1.82, 2.24) is 4.90 Å². The predicted octanol–water partition coefficient (Wildman–Crippen LogP) is 3.03. The molecule has 2 heteroatoms. The van der Waals surface area contributed by atoms with Crippen molar-refractivity contribution < 1.29 is 0 Å². The third kappa shape index (κ3) is 3.82. The van der Waals surface area contributed by atoms with Gasteiger partial charge in [-0.2, -0.15) is 0 Å². The molecule has 2 atom stereocenters. The van der Waals surface area contributed by atoms with Gasteiger partial charge in [-0.25, -0.2) is 0 Å². The molecule has 0 heterocycles. The van der Waals surface area contributed by atoms with Crippen LogP contribution in [0.15, 0.2) is 30.3 Å². The number of rotatable bonds is 5. The lowest BCUT2D eigenvalue weighted by Crippen LogP contribution is -2.40. The largest absolute Gasteiger partial charge is 0.329 e. The standard InChI is InChI=1S/C16H26N2/c1-14-6-5-9-16(12-14)18(11-10-17)13-15-7-3-2-4-8-15/h2-4,7-8,14,16H,5-6,9-13,17H2,1H3. The van der Waals surface area contributed by atoms with Crippen LogP contribution in [0.25, 0.3) is 0 Å². The zero-order valence-electron chi connectivity index (χ0n) is 11.5. The Morgan fingerprint density at radius 1 is 1.22 bits per heavy atom. The van der Waals surface area contributed by atoms with Crippen LogP contribution in [0, 0.1) is 5.92 Å². The highest BCUT2D eigenvalue weighted by Gasteiger charge is 2.24. The molecule has 2 unspecified atom stereocenters. The highest BCUT2D eigenvalue weighted by atomic mass is 15.2. The molecule has 0 radical (unpaired) electrons. The second-order valence-electron chi connectivity index (χ2n) is 5.67. The summed E-state index contributed by atoms with van der Waals surface area (Å²) in [6.45, 7) is 5.22. The molecule has 2 N–H and O–H groups in total. The second kappa shape index (κ2) is 6.91. The number of benzene rings is 1. The topological polar surface area (TPSA) is 29.3 Å². The third-order valence-corrected chi connectivity index (χ3v) is 4.07. The van der Waals surface area contributed by atoms with E-state index in [1.807, 2.05) is 0 Å². The maximum Gasteiger partial charge on any atom is 0.0237 e. The Bertz CT molecular complexity index is 336. The van der Waals surface area contributed by atoms with Gasteiger partial charge in [-0.3, -0.25) is 4.90 Å². The molecule has 1 aliphatic carbocycles. The quantitative estimate of drug-likeness (QED) is 0.865. The summed E-state index contributed by atoms with van der Waals surface area (Å²) >= 11 is 0. The Balaban J connectivity index is 1.98. The van der Waals surface area contributed by atoms with E-state index < -0.39 is 0 Å². The highest BCUT2D eigenvalue weighted by molar-refractivity contribution is 5.14. The molecule has 2 nitrogen and oxygen atoms in total. The first kappa shape index (κ1) is 13.6. The van der Waals surface area contributed by atoms with Crippen LogP contribution in [-0.2, 0) is 6.54 Å². The van der Waals surface area contributed by atoms with Gasteiger partial charge in [0, 0.05) is 25.7 Å². The van der Waals surface area contributed by atoms with Gasteiger partial charge in [0.15, 0.2) is 0 Å². The first-order chi connectivity index (χ1) is 8.79. The fourth-order valence-electron chi connectivity index (χ4n) is 3.11. The first-order valence-corrected chi connectivity index (χ1v) is 7.27. The number of nitrogens with zero attached hydrogens (tertiary/aromatic N) is 1. The second-order valence-corrected chi connectivity index (χ2v) is 5.67. The lowest BCUT2D eigenvalue weighted by Gasteiger charge is -2.36. The SMILES string of the molecule is CC1CCCC(N(CCN)Cc2ccccc2)C1. The summed E-state index contributed by atoms with van der Waals surface area (Å²) in [5, 5.41) is 0. The number of hydrogen-bond donors (Lipinski definition) is 1. The van der Waals surface area contributed by atoms with Gasteiger partial charge < -0.3 is 5.73 Å². The van der Waals surface area contributed by atoms with Gasteiger partial charge in [0.1, 0.15) is 0 Å². The van der Waals surface area contributed by atoms with Crippen LogP contribution >= 0.6 is 0 Å². The predicted molar refractivity (Wildman–Crippen MR) is 77.3 cm³/mol. The molecule has 0 bridgehead atoms. The van der Waals surface area contributed by atoms with Crippen molar-refractivity contribution >= 4 is 0 Å². The molecule has 1 aliphatic rings. The Hall–Kier alpha value is -0.860. The van der Waals surface area contributed by atoms with Crippen molar-refractivity contribution in [3.05, 3.63) is 35.9 Å². The molecule has 0 amide bonds. The van der Waals surface area contributed by atoms with Crippen molar-refractivity contribution in [2.75, 3.05) is 13.1 Å². The summed E-state index contributed by atoms with van der Waals surface area (Å²) in [4.78, 5) is 2.59. The molecule has 0 aromatic heterocycles. The van der Waals surface area contributed by atoms with E-state index in [-0.39, 0.29) is 0 Å². The summed E-state index contributed by atoms with van der Waals surface area (Å²) in [5.74, 6) is 0.875. The Morgan fingerprint density at radius 2 is 2.00 bits per heavy atom. The van der Waals surface area contributed by atoms with E-state index in [2.05, 4.69) is 42.2 Å². The molecule has 1 aromatic rings. The molecule has 1 saturated carbocycles. The molecule has 1 aromatic carbocycles. The van der Waals surface area contributed by atoms with Gasteiger partial charge in [0.2, 0.25) is 0 Å². The van der Waals surface area contributed by atoms with Gasteiger partial charge >= 0.3 is 0 Å². The fourth-order valence-corrected chi connectivity index (χ4v) is 3.11. The summed E-state index contributed by atoms with van der Waals surface area (Å²) in [5.41, 5.74) is 7.19. The van der Waals surface area contributed by atoms with E-state index in [1.54, 1.807) is 0 Å². The van der Waals surface area contributed by atoms with Gasteiger partial charge in [-0.05, 0) is 24.3 Å². The third-order valence-electron chi connectivity index (χ3n) is 4.07. The normalized spacial score (nSPS) is 24.4. The van der Waals surface area contributed by atoms with Gasteiger partial charge in [-0.15, -0.1) is 0 Å². The van der Waals surface area contributed by atoms with Crippen LogP contribution < -0.4 is 5.73 Å². The van der Waals surface area contributed by atoms with Crippen molar-refractivity contribution in [2.24, 2.45) is 11.7 Å². The van der Waals surface area contributed by atoms with Crippen LogP contribution in [0.2, 0.25) is 0 Å². The molecule has 2 rings (SSSR count). The average molecular weight is 246 g/mol. The zero-order valence-corrected chi connectivity index (χ0v) is 11.5. The smallest absolute Gasteiger partial charge is 0.0237 e. The van der Waals surface area contributed by atoms with E-state index in [0.29, 0.717) is 0 Å². The Labute approximate surface area is 111 Å². The van der Waals surface area contributed by atoms with Gasteiger partial charge in [0.05, 0.1) is 0 Å². The number of hydrogen-bond acceptors (Lipinski definition) is 2. The molecule has 100 valence electrons. The molecule has 0 saturated heterocycles. The molecule has 0 aliphatic heterocycles. The van der Waals surface area contributed by atoms with Crippen molar-refractivity contribution in [3.63, 3.8) is 0 Å². The highest BCUT2D eigenvalue weighted by Crippen LogP contribution is 2.28. The van der Waals surface area contributed by atoms with E-state index in [0.717, 1.165) is 31.6 Å².